The Morgan fingerprint density at radius 3 is 2.50 bits per heavy atom. The molecule has 0 spiro atoms. The molecule has 2 heteroatoms. The minimum atomic E-state index is -0.169. The Labute approximate surface area is 133 Å². The maximum atomic E-state index is 4.33. The second kappa shape index (κ2) is 6.07. The van der Waals surface area contributed by atoms with Crippen LogP contribution in [0.5, 0.6) is 0 Å². The van der Waals surface area contributed by atoms with Gasteiger partial charge in [0.25, 0.3) is 0 Å². The van der Waals surface area contributed by atoms with Crippen LogP contribution in [0.25, 0.3) is 11.1 Å². The highest BCUT2D eigenvalue weighted by Crippen LogP contribution is 2.36. The largest absolute Gasteiger partial charge is 0.256 e. The van der Waals surface area contributed by atoms with Gasteiger partial charge in [0.05, 0.1) is 5.54 Å². The van der Waals surface area contributed by atoms with E-state index in [2.05, 4.69) is 79.8 Å². The molecule has 1 fully saturated rings. The number of hydrazine groups is 1. The van der Waals surface area contributed by atoms with Crippen molar-refractivity contribution in [2.75, 3.05) is 6.54 Å². The van der Waals surface area contributed by atoms with Gasteiger partial charge in [-0.05, 0) is 42.5 Å². The number of hydrogen-bond acceptors (Lipinski definition) is 2. The van der Waals surface area contributed by atoms with Crippen LogP contribution >= 0.6 is 0 Å². The van der Waals surface area contributed by atoms with Gasteiger partial charge >= 0.3 is 0 Å². The van der Waals surface area contributed by atoms with Crippen LogP contribution < -0.4 is 10.9 Å². The van der Waals surface area contributed by atoms with Gasteiger partial charge in [-0.15, -0.1) is 0 Å². The molecule has 1 unspecified atom stereocenters. The van der Waals surface area contributed by atoms with Crippen molar-refractivity contribution in [3.63, 3.8) is 0 Å². The minimum absolute atomic E-state index is 0.169. The summed E-state index contributed by atoms with van der Waals surface area (Å²) in [6, 6.07) is 17.5. The van der Waals surface area contributed by atoms with Crippen molar-refractivity contribution in [3.05, 3.63) is 71.8 Å². The Balaban J connectivity index is 2.05. The summed E-state index contributed by atoms with van der Waals surface area (Å²) in [4.78, 5) is 0. The summed E-state index contributed by atoms with van der Waals surface area (Å²) in [5.41, 5.74) is 13.0. The van der Waals surface area contributed by atoms with Crippen LogP contribution in [0.2, 0.25) is 0 Å². The van der Waals surface area contributed by atoms with Crippen LogP contribution in [0.15, 0.2) is 60.7 Å². The van der Waals surface area contributed by atoms with Gasteiger partial charge in [0, 0.05) is 6.54 Å². The third kappa shape index (κ3) is 2.60. The summed E-state index contributed by atoms with van der Waals surface area (Å²) in [5, 5.41) is 0. The fraction of sp³-hybridized carbons (Fsp3) is 0.300. The number of rotatable bonds is 3. The second-order valence-electron chi connectivity index (χ2n) is 6.11. The minimum Gasteiger partial charge on any atom is -0.256 e. The maximum Gasteiger partial charge on any atom is 0.0776 e. The summed E-state index contributed by atoms with van der Waals surface area (Å²) in [5.74, 6) is 0. The first-order valence-corrected chi connectivity index (χ1v) is 8.01. The van der Waals surface area contributed by atoms with Gasteiger partial charge in [-0.1, -0.05) is 67.1 Å². The molecule has 1 aliphatic rings. The molecular weight excluding hydrogens is 268 g/mol. The smallest absolute Gasteiger partial charge is 0.0776 e. The van der Waals surface area contributed by atoms with Crippen molar-refractivity contribution < 1.29 is 0 Å². The van der Waals surface area contributed by atoms with Crippen molar-refractivity contribution in [2.45, 2.75) is 32.2 Å². The number of nitrogens with one attached hydrogen (secondary N) is 2. The predicted molar refractivity (Wildman–Crippen MR) is 93.5 cm³/mol. The molecule has 0 bridgehead atoms. The molecule has 0 radical (unpaired) electrons. The van der Waals surface area contributed by atoms with E-state index in [0.29, 0.717) is 0 Å². The van der Waals surface area contributed by atoms with Crippen molar-refractivity contribution in [2.24, 2.45) is 0 Å². The third-order valence-corrected chi connectivity index (χ3v) is 4.69. The Kier molecular flexibility index (Phi) is 4.14. The van der Waals surface area contributed by atoms with Gasteiger partial charge in [0.15, 0.2) is 0 Å². The van der Waals surface area contributed by atoms with E-state index < -0.39 is 0 Å². The average Bonchev–Trinajstić information content (AvgIpc) is 2.56. The van der Waals surface area contributed by atoms with Gasteiger partial charge in [-0.2, -0.15) is 0 Å². The molecule has 1 aliphatic heterocycles. The van der Waals surface area contributed by atoms with Crippen molar-refractivity contribution in [1.82, 2.24) is 10.9 Å². The van der Waals surface area contributed by atoms with E-state index in [1.54, 1.807) is 0 Å². The zero-order valence-electron chi connectivity index (χ0n) is 13.4. The van der Waals surface area contributed by atoms with Crippen molar-refractivity contribution in [3.8, 4) is 11.1 Å². The van der Waals surface area contributed by atoms with Crippen LogP contribution in [-0.2, 0) is 5.54 Å². The van der Waals surface area contributed by atoms with Gasteiger partial charge in [-0.25, -0.2) is 5.43 Å². The van der Waals surface area contributed by atoms with E-state index in [-0.39, 0.29) is 5.54 Å². The van der Waals surface area contributed by atoms with E-state index >= 15 is 0 Å². The Bertz CT molecular complexity index is 690. The Morgan fingerprint density at radius 1 is 1.09 bits per heavy atom. The fourth-order valence-corrected chi connectivity index (χ4v) is 3.34. The SMILES string of the molecule is C=C1CCNNC1(CC)c1cccc(-c2cccc(C)c2)c1. The number of aryl methyl sites for hydroxylation is 1. The van der Waals surface area contributed by atoms with Crippen molar-refractivity contribution in [1.29, 1.82) is 0 Å². The molecule has 3 rings (SSSR count). The standard InChI is InChI=1S/C20H24N2/c1-4-20(16(3)11-12-21-22-20)19-10-6-9-18(14-19)17-8-5-7-15(2)13-17/h5-10,13-14,21-22H,3-4,11-12H2,1-2H3. The van der Waals surface area contributed by atoms with Gasteiger partial charge in [0.2, 0.25) is 0 Å². The maximum absolute atomic E-state index is 4.33. The highest BCUT2D eigenvalue weighted by Gasteiger charge is 2.35. The molecule has 22 heavy (non-hydrogen) atoms. The van der Waals surface area contributed by atoms with E-state index in [0.717, 1.165) is 19.4 Å². The fourth-order valence-electron chi connectivity index (χ4n) is 3.34. The predicted octanol–water partition coefficient (Wildman–Crippen LogP) is 4.32. The highest BCUT2D eigenvalue weighted by molar-refractivity contribution is 5.65. The molecule has 1 atom stereocenters. The topological polar surface area (TPSA) is 24.1 Å². The summed E-state index contributed by atoms with van der Waals surface area (Å²) in [7, 11) is 0. The van der Waals surface area contributed by atoms with Crippen LogP contribution in [-0.4, -0.2) is 6.54 Å². The summed E-state index contributed by atoms with van der Waals surface area (Å²) in [6.45, 7) is 9.62. The Hall–Kier alpha value is -1.90. The van der Waals surface area contributed by atoms with E-state index in [4.69, 9.17) is 0 Å². The molecule has 0 aliphatic carbocycles. The lowest BCUT2D eigenvalue weighted by atomic mass is 9.78. The van der Waals surface area contributed by atoms with Crippen LogP contribution in [0.3, 0.4) is 0 Å². The molecule has 0 saturated carbocycles. The third-order valence-electron chi connectivity index (χ3n) is 4.69. The second-order valence-corrected chi connectivity index (χ2v) is 6.11. The van der Waals surface area contributed by atoms with E-state index in [9.17, 15) is 0 Å². The van der Waals surface area contributed by atoms with Crippen LogP contribution in [0.1, 0.15) is 30.9 Å². The molecule has 0 amide bonds. The molecule has 1 heterocycles. The molecular formula is C20H24N2. The van der Waals surface area contributed by atoms with Crippen molar-refractivity contribution >= 4 is 0 Å². The highest BCUT2D eigenvalue weighted by atomic mass is 15.4. The molecule has 2 nitrogen and oxygen atoms in total. The molecule has 1 saturated heterocycles. The zero-order chi connectivity index (χ0) is 15.6. The first-order chi connectivity index (χ1) is 10.7. The zero-order valence-corrected chi connectivity index (χ0v) is 13.4. The van der Waals surface area contributed by atoms with Gasteiger partial charge in [0.1, 0.15) is 0 Å². The summed E-state index contributed by atoms with van der Waals surface area (Å²) >= 11 is 0. The lowest BCUT2D eigenvalue weighted by Crippen LogP contribution is -2.55. The quantitative estimate of drug-likeness (QED) is 0.823. The van der Waals surface area contributed by atoms with Crippen LogP contribution in [0.4, 0.5) is 0 Å². The van der Waals surface area contributed by atoms with Gasteiger partial charge in [-0.3, -0.25) is 5.43 Å². The normalized spacial score (nSPS) is 21.8. The van der Waals surface area contributed by atoms with Gasteiger partial charge < -0.3 is 0 Å². The summed E-state index contributed by atoms with van der Waals surface area (Å²) in [6.07, 6.45) is 1.99. The molecule has 2 aromatic rings. The lowest BCUT2D eigenvalue weighted by molar-refractivity contribution is 0.281. The molecule has 114 valence electrons. The first-order valence-electron chi connectivity index (χ1n) is 8.01. The number of hydrogen-bond donors (Lipinski definition) is 2. The summed E-state index contributed by atoms with van der Waals surface area (Å²) < 4.78 is 0. The van der Waals surface area contributed by atoms with E-state index in [1.807, 2.05) is 0 Å². The first kappa shape index (κ1) is 15.0. The molecule has 2 N–H and O–H groups in total. The number of benzene rings is 2. The molecule has 2 aromatic carbocycles. The average molecular weight is 292 g/mol. The Morgan fingerprint density at radius 2 is 1.82 bits per heavy atom. The monoisotopic (exact) mass is 292 g/mol. The van der Waals surface area contributed by atoms with Crippen LogP contribution in [0, 0.1) is 6.92 Å². The lowest BCUT2D eigenvalue weighted by Gasteiger charge is -2.40. The molecule has 0 aromatic heterocycles. The van der Waals surface area contributed by atoms with E-state index in [1.165, 1.54) is 27.8 Å².